The molecule has 0 fully saturated rings. The lowest BCUT2D eigenvalue weighted by Crippen LogP contribution is -2.12. The van der Waals surface area contributed by atoms with E-state index in [1.807, 2.05) is 12.1 Å². The number of thiocarbonyl (C=S) groups is 1. The number of nitrogens with one attached hydrogen (secondary N) is 1. The van der Waals surface area contributed by atoms with Crippen molar-refractivity contribution < 1.29 is 8.81 Å². The summed E-state index contributed by atoms with van der Waals surface area (Å²) in [4.78, 5) is 0.0645. The van der Waals surface area contributed by atoms with Gasteiger partial charge in [0.05, 0.1) is 6.26 Å². The smallest absolute Gasteiger partial charge is 0.135 e. The van der Waals surface area contributed by atoms with Gasteiger partial charge in [-0.15, -0.1) is 0 Å². The number of hydrogen-bond donors (Lipinski definition) is 2. The van der Waals surface area contributed by atoms with E-state index in [4.69, 9.17) is 22.4 Å². The van der Waals surface area contributed by atoms with E-state index in [-0.39, 0.29) is 10.6 Å². The van der Waals surface area contributed by atoms with Crippen LogP contribution in [0, 0.1) is 5.82 Å². The normalized spacial score (nSPS) is 10.3. The molecule has 3 N–H and O–H groups in total. The first-order valence-corrected chi connectivity index (χ1v) is 5.93. The molecule has 0 aliphatic carbocycles. The Balaban J connectivity index is 1.94. The van der Waals surface area contributed by atoms with Crippen molar-refractivity contribution in [3.05, 3.63) is 53.7 Å². The van der Waals surface area contributed by atoms with Crippen molar-refractivity contribution in [3.8, 4) is 0 Å². The number of rotatable bonds is 5. The lowest BCUT2D eigenvalue weighted by atomic mass is 10.2. The summed E-state index contributed by atoms with van der Waals surface area (Å²) < 4.78 is 18.8. The van der Waals surface area contributed by atoms with Crippen LogP contribution in [0.1, 0.15) is 11.3 Å². The summed E-state index contributed by atoms with van der Waals surface area (Å²) in [6.07, 6.45) is 2.37. The Morgan fingerprint density at radius 3 is 2.83 bits per heavy atom. The molecule has 2 rings (SSSR count). The fourth-order valence-corrected chi connectivity index (χ4v) is 1.78. The van der Waals surface area contributed by atoms with Gasteiger partial charge in [0.15, 0.2) is 0 Å². The zero-order valence-corrected chi connectivity index (χ0v) is 10.5. The van der Waals surface area contributed by atoms with Gasteiger partial charge in [-0.25, -0.2) is 4.39 Å². The van der Waals surface area contributed by atoms with E-state index in [9.17, 15) is 4.39 Å². The van der Waals surface area contributed by atoms with Crippen molar-refractivity contribution in [2.24, 2.45) is 5.73 Å². The summed E-state index contributed by atoms with van der Waals surface area (Å²) in [6.45, 7) is 0.666. The highest BCUT2D eigenvalue weighted by Gasteiger charge is 2.05. The van der Waals surface area contributed by atoms with Gasteiger partial charge in [0.1, 0.15) is 16.6 Å². The third-order valence-electron chi connectivity index (χ3n) is 2.52. The van der Waals surface area contributed by atoms with E-state index < -0.39 is 5.82 Å². The topological polar surface area (TPSA) is 51.2 Å². The highest BCUT2D eigenvalue weighted by atomic mass is 32.1. The summed E-state index contributed by atoms with van der Waals surface area (Å²) in [5.41, 5.74) is 6.35. The molecule has 3 nitrogen and oxygen atoms in total. The highest BCUT2D eigenvalue weighted by Crippen LogP contribution is 2.14. The molecule has 0 aliphatic heterocycles. The number of anilines is 1. The molecule has 0 spiro atoms. The minimum absolute atomic E-state index is 0.0645. The fourth-order valence-electron chi connectivity index (χ4n) is 1.61. The van der Waals surface area contributed by atoms with Crippen LogP contribution in [0.15, 0.2) is 41.0 Å². The molecule has 0 radical (unpaired) electrons. The largest absolute Gasteiger partial charge is 0.469 e. The van der Waals surface area contributed by atoms with Crippen LogP contribution < -0.4 is 11.1 Å². The summed E-state index contributed by atoms with van der Waals surface area (Å²) in [7, 11) is 0. The van der Waals surface area contributed by atoms with Crippen molar-refractivity contribution in [2.75, 3.05) is 11.9 Å². The first kappa shape index (κ1) is 12.6. The fraction of sp³-hybridized carbons (Fsp3) is 0.154. The second-order valence-corrected chi connectivity index (χ2v) is 4.25. The quantitative estimate of drug-likeness (QED) is 0.815. The Labute approximate surface area is 110 Å². The number of halogens is 1. The van der Waals surface area contributed by atoms with E-state index in [1.54, 1.807) is 18.4 Å². The third kappa shape index (κ3) is 3.07. The Kier molecular flexibility index (Phi) is 3.94. The average molecular weight is 264 g/mol. The van der Waals surface area contributed by atoms with Gasteiger partial charge >= 0.3 is 0 Å². The number of benzene rings is 1. The van der Waals surface area contributed by atoms with Crippen LogP contribution in [0.5, 0.6) is 0 Å². The molecule has 1 heterocycles. The van der Waals surface area contributed by atoms with Crippen molar-refractivity contribution >= 4 is 22.9 Å². The van der Waals surface area contributed by atoms with Crippen molar-refractivity contribution in [1.29, 1.82) is 0 Å². The number of nitrogens with two attached hydrogens (primary N) is 1. The minimum Gasteiger partial charge on any atom is -0.469 e. The number of hydrogen-bond acceptors (Lipinski definition) is 3. The molecule has 0 amide bonds. The third-order valence-corrected chi connectivity index (χ3v) is 2.74. The highest BCUT2D eigenvalue weighted by molar-refractivity contribution is 7.80. The molecule has 18 heavy (non-hydrogen) atoms. The van der Waals surface area contributed by atoms with Crippen molar-refractivity contribution in [2.45, 2.75) is 6.42 Å². The van der Waals surface area contributed by atoms with E-state index in [0.29, 0.717) is 12.2 Å². The van der Waals surface area contributed by atoms with Gasteiger partial charge in [0.2, 0.25) is 0 Å². The van der Waals surface area contributed by atoms with Crippen molar-refractivity contribution in [1.82, 2.24) is 0 Å². The molecular weight excluding hydrogens is 251 g/mol. The molecule has 0 saturated carbocycles. The maximum Gasteiger partial charge on any atom is 0.135 e. The molecular formula is C13H13FN2OS. The minimum atomic E-state index is -0.412. The Hall–Kier alpha value is -1.88. The Morgan fingerprint density at radius 2 is 2.22 bits per heavy atom. The van der Waals surface area contributed by atoms with Gasteiger partial charge in [-0.3, -0.25) is 0 Å². The van der Waals surface area contributed by atoms with Crippen LogP contribution in [0.2, 0.25) is 0 Å². The second-order valence-electron chi connectivity index (χ2n) is 3.82. The van der Waals surface area contributed by atoms with Crippen LogP contribution in [0.4, 0.5) is 10.1 Å². The van der Waals surface area contributed by atoms with Gasteiger partial charge in [-0.2, -0.15) is 0 Å². The van der Waals surface area contributed by atoms with E-state index in [0.717, 1.165) is 12.2 Å². The lowest BCUT2D eigenvalue weighted by molar-refractivity contribution is 0.513. The molecule has 0 unspecified atom stereocenters. The van der Waals surface area contributed by atoms with Gasteiger partial charge in [-0.05, 0) is 30.3 Å². The predicted molar refractivity (Wildman–Crippen MR) is 73.2 cm³/mol. The standard InChI is InChI=1S/C13H13FN2OS/c14-12-8-9(3-4-11(12)13(15)18)16-6-5-10-2-1-7-17-10/h1-4,7-8,16H,5-6H2,(H2,15,18). The molecule has 0 aliphatic rings. The van der Waals surface area contributed by atoms with Crippen LogP contribution in [0.25, 0.3) is 0 Å². The zero-order valence-electron chi connectivity index (χ0n) is 9.65. The molecule has 2 aromatic rings. The summed E-state index contributed by atoms with van der Waals surface area (Å²) in [5.74, 6) is 0.480. The SMILES string of the molecule is NC(=S)c1ccc(NCCc2ccco2)cc1F. The molecule has 94 valence electrons. The summed E-state index contributed by atoms with van der Waals surface area (Å²) >= 11 is 4.74. The molecule has 1 aromatic carbocycles. The first-order valence-electron chi connectivity index (χ1n) is 5.52. The second kappa shape index (κ2) is 5.64. The van der Waals surface area contributed by atoms with E-state index in [1.165, 1.54) is 6.07 Å². The summed E-state index contributed by atoms with van der Waals surface area (Å²) in [5, 5.41) is 3.11. The molecule has 0 saturated heterocycles. The van der Waals surface area contributed by atoms with Crippen LogP contribution in [-0.2, 0) is 6.42 Å². The van der Waals surface area contributed by atoms with Crippen LogP contribution >= 0.6 is 12.2 Å². The van der Waals surface area contributed by atoms with Crippen LogP contribution in [0.3, 0.4) is 0 Å². The van der Waals surface area contributed by atoms with Gasteiger partial charge in [0.25, 0.3) is 0 Å². The first-order chi connectivity index (χ1) is 8.66. The molecule has 1 aromatic heterocycles. The summed E-state index contributed by atoms with van der Waals surface area (Å²) in [6, 6.07) is 8.45. The molecule has 0 atom stereocenters. The maximum atomic E-state index is 13.6. The maximum absolute atomic E-state index is 13.6. The van der Waals surface area contributed by atoms with Gasteiger partial charge < -0.3 is 15.5 Å². The Bertz CT molecular complexity index is 540. The van der Waals surface area contributed by atoms with Gasteiger partial charge in [-0.1, -0.05) is 12.2 Å². The van der Waals surface area contributed by atoms with Gasteiger partial charge in [0, 0.05) is 24.2 Å². The van der Waals surface area contributed by atoms with E-state index in [2.05, 4.69) is 5.32 Å². The van der Waals surface area contributed by atoms with Crippen LogP contribution in [-0.4, -0.2) is 11.5 Å². The lowest BCUT2D eigenvalue weighted by Gasteiger charge is -2.07. The van der Waals surface area contributed by atoms with E-state index >= 15 is 0 Å². The number of furan rings is 1. The predicted octanol–water partition coefficient (Wildman–Crippen LogP) is 2.71. The molecule has 0 bridgehead atoms. The molecule has 5 heteroatoms. The zero-order chi connectivity index (χ0) is 13.0. The Morgan fingerprint density at radius 1 is 1.39 bits per heavy atom. The average Bonchev–Trinajstić information content (AvgIpc) is 2.81. The van der Waals surface area contributed by atoms with Crippen molar-refractivity contribution in [3.63, 3.8) is 0 Å². The monoisotopic (exact) mass is 264 g/mol.